The normalized spacial score (nSPS) is 12.8. The standard InChI is InChI=1S/C25H22Cl2/c1-17-5-7-18(8-6-17)9-10-20-3-2-4-21-11-12-22(25(20)21)13-19-14-23(26)16-24(27)15-19/h2-8,12,14-16H,9-11,13H2,1H3. The molecule has 0 radical (unpaired) electrons. The number of allylic oxidation sites excluding steroid dienone is 2. The first-order valence-corrected chi connectivity index (χ1v) is 10.1. The van der Waals surface area contributed by atoms with Crippen molar-refractivity contribution in [3.05, 3.63) is 110 Å². The Morgan fingerprint density at radius 2 is 1.56 bits per heavy atom. The molecule has 0 aromatic heterocycles. The molecule has 0 amide bonds. The molecule has 4 rings (SSSR count). The molecule has 27 heavy (non-hydrogen) atoms. The van der Waals surface area contributed by atoms with Crippen molar-refractivity contribution in [2.75, 3.05) is 0 Å². The number of fused-ring (bicyclic) bond motifs is 1. The summed E-state index contributed by atoms with van der Waals surface area (Å²) in [4.78, 5) is 0. The van der Waals surface area contributed by atoms with E-state index in [2.05, 4.69) is 55.5 Å². The Labute approximate surface area is 171 Å². The third-order valence-electron chi connectivity index (χ3n) is 5.25. The van der Waals surface area contributed by atoms with Crippen molar-refractivity contribution >= 4 is 28.8 Å². The molecule has 0 N–H and O–H groups in total. The molecular formula is C25H22Cl2. The van der Waals surface area contributed by atoms with Gasteiger partial charge in [0.05, 0.1) is 0 Å². The van der Waals surface area contributed by atoms with Crippen LogP contribution in [0, 0.1) is 6.92 Å². The van der Waals surface area contributed by atoms with Crippen LogP contribution in [0.1, 0.15) is 33.4 Å². The molecule has 3 aromatic rings. The summed E-state index contributed by atoms with van der Waals surface area (Å²) >= 11 is 12.4. The fraction of sp³-hybridized carbons (Fsp3) is 0.200. The molecule has 0 fully saturated rings. The van der Waals surface area contributed by atoms with Gasteiger partial charge in [-0.2, -0.15) is 0 Å². The van der Waals surface area contributed by atoms with Crippen LogP contribution in [-0.4, -0.2) is 0 Å². The van der Waals surface area contributed by atoms with Gasteiger partial charge in [-0.25, -0.2) is 0 Å². The van der Waals surface area contributed by atoms with E-state index in [0.29, 0.717) is 10.0 Å². The maximum Gasteiger partial charge on any atom is 0.0423 e. The lowest BCUT2D eigenvalue weighted by molar-refractivity contribution is 0.951. The molecule has 0 nitrogen and oxygen atoms in total. The Morgan fingerprint density at radius 1 is 0.815 bits per heavy atom. The molecule has 0 atom stereocenters. The van der Waals surface area contributed by atoms with Crippen LogP contribution in [0.5, 0.6) is 0 Å². The molecule has 136 valence electrons. The van der Waals surface area contributed by atoms with Crippen molar-refractivity contribution in [1.29, 1.82) is 0 Å². The van der Waals surface area contributed by atoms with E-state index in [9.17, 15) is 0 Å². The van der Waals surface area contributed by atoms with Gasteiger partial charge in [0.25, 0.3) is 0 Å². The maximum absolute atomic E-state index is 6.19. The quantitative estimate of drug-likeness (QED) is 0.428. The van der Waals surface area contributed by atoms with Gasteiger partial charge >= 0.3 is 0 Å². The lowest BCUT2D eigenvalue weighted by Gasteiger charge is -2.13. The maximum atomic E-state index is 6.19. The predicted molar refractivity (Wildman–Crippen MR) is 117 cm³/mol. The van der Waals surface area contributed by atoms with Crippen molar-refractivity contribution in [1.82, 2.24) is 0 Å². The highest BCUT2D eigenvalue weighted by molar-refractivity contribution is 6.34. The van der Waals surface area contributed by atoms with Gasteiger partial charge < -0.3 is 0 Å². The van der Waals surface area contributed by atoms with Crippen LogP contribution in [-0.2, 0) is 25.7 Å². The molecule has 0 aliphatic heterocycles. The summed E-state index contributed by atoms with van der Waals surface area (Å²) in [5.41, 5.74) is 9.56. The van der Waals surface area contributed by atoms with E-state index in [1.54, 1.807) is 6.07 Å². The summed E-state index contributed by atoms with van der Waals surface area (Å²) in [6.07, 6.45) is 6.36. The van der Waals surface area contributed by atoms with E-state index < -0.39 is 0 Å². The number of hydrogen-bond acceptors (Lipinski definition) is 0. The van der Waals surface area contributed by atoms with Gasteiger partial charge in [0.1, 0.15) is 0 Å². The SMILES string of the molecule is Cc1ccc(CCc2cccc3c2C(Cc2cc(Cl)cc(Cl)c2)=CC3)cc1. The zero-order valence-corrected chi connectivity index (χ0v) is 16.9. The highest BCUT2D eigenvalue weighted by Crippen LogP contribution is 2.34. The average Bonchev–Trinajstić information content (AvgIpc) is 3.04. The molecule has 0 bridgehead atoms. The van der Waals surface area contributed by atoms with Crippen LogP contribution in [0.25, 0.3) is 5.57 Å². The van der Waals surface area contributed by atoms with E-state index >= 15 is 0 Å². The molecule has 1 aliphatic rings. The number of halogens is 2. The number of hydrogen-bond donors (Lipinski definition) is 0. The predicted octanol–water partition coefficient (Wildman–Crippen LogP) is 7.27. The Bertz CT molecular complexity index is 977. The third kappa shape index (κ3) is 4.29. The Morgan fingerprint density at radius 3 is 2.30 bits per heavy atom. The van der Waals surface area contributed by atoms with Crippen molar-refractivity contribution < 1.29 is 0 Å². The molecule has 0 saturated heterocycles. The van der Waals surface area contributed by atoms with Gasteiger partial charge in [-0.05, 0) is 84.2 Å². The van der Waals surface area contributed by atoms with E-state index in [0.717, 1.165) is 25.7 Å². The molecule has 0 spiro atoms. The second-order valence-corrected chi connectivity index (χ2v) is 8.20. The minimum absolute atomic E-state index is 0.698. The van der Waals surface area contributed by atoms with Crippen molar-refractivity contribution in [2.24, 2.45) is 0 Å². The summed E-state index contributed by atoms with van der Waals surface area (Å²) in [6, 6.07) is 21.4. The molecule has 0 unspecified atom stereocenters. The Hall–Kier alpha value is -2.02. The Kier molecular flexibility index (Phi) is 5.38. The summed E-state index contributed by atoms with van der Waals surface area (Å²) in [6.45, 7) is 2.13. The monoisotopic (exact) mass is 392 g/mol. The van der Waals surface area contributed by atoms with Crippen molar-refractivity contribution in [3.63, 3.8) is 0 Å². The third-order valence-corrected chi connectivity index (χ3v) is 5.68. The van der Waals surface area contributed by atoms with Crippen molar-refractivity contribution in [3.8, 4) is 0 Å². The van der Waals surface area contributed by atoms with Crippen LogP contribution >= 0.6 is 23.2 Å². The van der Waals surface area contributed by atoms with Crippen molar-refractivity contribution in [2.45, 2.75) is 32.6 Å². The van der Waals surface area contributed by atoms with Crippen LogP contribution in [0.4, 0.5) is 0 Å². The van der Waals surface area contributed by atoms with E-state index in [1.165, 1.54) is 39.0 Å². The molecular weight excluding hydrogens is 371 g/mol. The number of rotatable bonds is 5. The smallest absolute Gasteiger partial charge is 0.0423 e. The minimum Gasteiger partial charge on any atom is -0.0843 e. The van der Waals surface area contributed by atoms with Gasteiger partial charge in [-0.3, -0.25) is 0 Å². The summed E-state index contributed by atoms with van der Waals surface area (Å²) < 4.78 is 0. The number of benzene rings is 3. The minimum atomic E-state index is 0.698. The zero-order valence-electron chi connectivity index (χ0n) is 15.4. The van der Waals surface area contributed by atoms with Gasteiger partial charge in [0, 0.05) is 10.0 Å². The van der Waals surface area contributed by atoms with Crippen LogP contribution < -0.4 is 0 Å². The van der Waals surface area contributed by atoms with Gasteiger partial charge in [0.2, 0.25) is 0 Å². The van der Waals surface area contributed by atoms with Gasteiger partial charge in [0.15, 0.2) is 0 Å². The average molecular weight is 393 g/mol. The first-order valence-electron chi connectivity index (χ1n) is 9.39. The van der Waals surface area contributed by atoms with E-state index in [1.807, 2.05) is 12.1 Å². The molecule has 2 heteroatoms. The molecule has 3 aromatic carbocycles. The zero-order chi connectivity index (χ0) is 18.8. The van der Waals surface area contributed by atoms with Gasteiger partial charge in [-0.15, -0.1) is 0 Å². The van der Waals surface area contributed by atoms with Crippen LogP contribution in [0.3, 0.4) is 0 Å². The summed E-state index contributed by atoms with van der Waals surface area (Å²) in [5, 5.41) is 1.40. The second-order valence-electron chi connectivity index (χ2n) is 7.32. The largest absolute Gasteiger partial charge is 0.0843 e. The highest BCUT2D eigenvalue weighted by Gasteiger charge is 2.18. The number of aryl methyl sites for hydroxylation is 3. The lowest BCUT2D eigenvalue weighted by atomic mass is 9.91. The molecule has 0 saturated carbocycles. The first kappa shape index (κ1) is 18.3. The van der Waals surface area contributed by atoms with E-state index in [-0.39, 0.29) is 0 Å². The Balaban J connectivity index is 1.57. The topological polar surface area (TPSA) is 0 Å². The fourth-order valence-electron chi connectivity index (χ4n) is 3.91. The molecule has 1 aliphatic carbocycles. The lowest BCUT2D eigenvalue weighted by Crippen LogP contribution is -1.99. The fourth-order valence-corrected chi connectivity index (χ4v) is 4.48. The van der Waals surface area contributed by atoms with E-state index in [4.69, 9.17) is 23.2 Å². The van der Waals surface area contributed by atoms with Crippen LogP contribution in [0.2, 0.25) is 10.0 Å². The summed E-state index contributed by atoms with van der Waals surface area (Å²) in [7, 11) is 0. The second kappa shape index (κ2) is 7.92. The highest BCUT2D eigenvalue weighted by atomic mass is 35.5. The van der Waals surface area contributed by atoms with Crippen LogP contribution in [0.15, 0.2) is 66.7 Å². The van der Waals surface area contributed by atoms with Gasteiger partial charge in [-0.1, -0.05) is 77.3 Å². The summed E-state index contributed by atoms with van der Waals surface area (Å²) in [5.74, 6) is 0. The molecule has 0 heterocycles. The first-order chi connectivity index (χ1) is 13.1.